The number of amidine groups is 1. The van der Waals surface area contributed by atoms with Crippen LogP contribution in [0.1, 0.15) is 69.2 Å². The number of unbranched alkanes of at least 4 members (excludes halogenated alkanes) is 1. The summed E-state index contributed by atoms with van der Waals surface area (Å²) in [6.07, 6.45) is 1.19. The van der Waals surface area contributed by atoms with Gasteiger partial charge in [0.15, 0.2) is 0 Å². The third-order valence-electron chi connectivity index (χ3n) is 5.31. The molecule has 1 heterocycles. The Morgan fingerprint density at radius 1 is 1.11 bits per heavy atom. The first kappa shape index (κ1) is 27.8. The summed E-state index contributed by atoms with van der Waals surface area (Å²) in [4.78, 5) is 59.7. The number of piperidine rings is 1. The number of likely N-dealkylation sites (tertiary alicyclic amines) is 1. The summed E-state index contributed by atoms with van der Waals surface area (Å²) in [5.74, 6) is -1.15. The number of ether oxygens (including phenoxy) is 1. The molecule has 0 bridgehead atoms. The molecule has 1 saturated heterocycles. The predicted octanol–water partition coefficient (Wildman–Crippen LogP) is 2.90. The van der Waals surface area contributed by atoms with Gasteiger partial charge in [0.25, 0.3) is 5.91 Å². The Kier molecular flexibility index (Phi) is 11.7. The van der Waals surface area contributed by atoms with E-state index in [0.717, 1.165) is 12.8 Å². The predicted molar refractivity (Wildman–Crippen MR) is 126 cm³/mol. The number of benzene rings is 1. The second-order valence-electron chi connectivity index (χ2n) is 8.21. The van der Waals surface area contributed by atoms with E-state index in [2.05, 4.69) is 15.5 Å². The molecule has 1 aromatic rings. The van der Waals surface area contributed by atoms with Gasteiger partial charge in [-0.25, -0.2) is 9.59 Å². The highest BCUT2D eigenvalue weighted by molar-refractivity contribution is 5.95. The lowest BCUT2D eigenvalue weighted by atomic mass is 10.0. The van der Waals surface area contributed by atoms with E-state index in [9.17, 15) is 19.2 Å². The maximum absolute atomic E-state index is 12.9. The van der Waals surface area contributed by atoms with Crippen molar-refractivity contribution in [1.29, 1.82) is 5.41 Å². The summed E-state index contributed by atoms with van der Waals surface area (Å²) < 4.78 is 4.96. The molecule has 1 aliphatic rings. The highest BCUT2D eigenvalue weighted by Crippen LogP contribution is 2.21. The molecule has 0 aromatic heterocycles. The van der Waals surface area contributed by atoms with Crippen molar-refractivity contribution in [3.05, 3.63) is 35.9 Å². The zero-order valence-corrected chi connectivity index (χ0v) is 20.2. The lowest BCUT2D eigenvalue weighted by molar-refractivity contribution is -0.303. The lowest BCUT2D eigenvalue weighted by Crippen LogP contribution is -2.56. The topological polar surface area (TPSA) is 147 Å². The quantitative estimate of drug-likeness (QED) is 0.142. The first-order chi connectivity index (χ1) is 16.8. The van der Waals surface area contributed by atoms with Gasteiger partial charge in [-0.15, -0.1) is 0 Å². The molecule has 0 radical (unpaired) electrons. The molecule has 1 aromatic carbocycles. The number of hydrogen-bond acceptors (Lipinski definition) is 8. The Morgan fingerprint density at radius 3 is 2.54 bits per heavy atom. The van der Waals surface area contributed by atoms with Gasteiger partial charge in [-0.1, -0.05) is 31.5 Å². The van der Waals surface area contributed by atoms with E-state index in [1.54, 1.807) is 35.2 Å². The molecule has 0 aliphatic carbocycles. The molecule has 0 saturated carbocycles. The molecule has 11 nitrogen and oxygen atoms in total. The average Bonchev–Trinajstić information content (AvgIpc) is 2.83. The first-order valence-electron chi connectivity index (χ1n) is 11.8. The normalized spacial score (nSPS) is 17.3. The zero-order valence-electron chi connectivity index (χ0n) is 20.2. The largest absolute Gasteiger partial charge is 0.449 e. The van der Waals surface area contributed by atoms with Crippen LogP contribution in [0.2, 0.25) is 0 Å². The minimum absolute atomic E-state index is 0.0262. The van der Waals surface area contributed by atoms with Gasteiger partial charge in [0.2, 0.25) is 5.91 Å². The fourth-order valence-corrected chi connectivity index (χ4v) is 3.51. The molecule has 0 spiro atoms. The molecular weight excluding hydrogens is 456 g/mol. The summed E-state index contributed by atoms with van der Waals surface area (Å²) >= 11 is 0. The summed E-state index contributed by atoms with van der Waals surface area (Å²) in [7, 11) is 0. The van der Waals surface area contributed by atoms with Crippen LogP contribution in [0.25, 0.3) is 0 Å². The van der Waals surface area contributed by atoms with Gasteiger partial charge in [-0.05, 0) is 31.4 Å². The Morgan fingerprint density at radius 2 is 1.86 bits per heavy atom. The van der Waals surface area contributed by atoms with Gasteiger partial charge in [0.1, 0.15) is 18.1 Å². The molecule has 1 fully saturated rings. The van der Waals surface area contributed by atoms with Crippen LogP contribution in [-0.2, 0) is 24.1 Å². The Bertz CT molecular complexity index is 878. The van der Waals surface area contributed by atoms with Crippen molar-refractivity contribution in [1.82, 2.24) is 15.5 Å². The van der Waals surface area contributed by atoms with Gasteiger partial charge in [-0.2, -0.15) is 4.89 Å². The Balaban J connectivity index is 1.90. The van der Waals surface area contributed by atoms with Gasteiger partial charge < -0.3 is 15.0 Å². The van der Waals surface area contributed by atoms with Crippen molar-refractivity contribution >= 4 is 29.7 Å². The summed E-state index contributed by atoms with van der Waals surface area (Å²) in [6, 6.07) is 8.63. The van der Waals surface area contributed by atoms with Gasteiger partial charge in [0, 0.05) is 38.3 Å². The van der Waals surface area contributed by atoms with Crippen LogP contribution < -0.4 is 10.6 Å². The van der Waals surface area contributed by atoms with Crippen molar-refractivity contribution in [3.8, 4) is 0 Å². The van der Waals surface area contributed by atoms with Gasteiger partial charge >= 0.3 is 12.1 Å². The second-order valence-corrected chi connectivity index (χ2v) is 8.21. The smallest absolute Gasteiger partial charge is 0.412 e. The van der Waals surface area contributed by atoms with Crippen molar-refractivity contribution in [2.75, 3.05) is 13.2 Å². The highest BCUT2D eigenvalue weighted by Gasteiger charge is 2.34. The molecule has 3 N–H and O–H groups in total. The van der Waals surface area contributed by atoms with E-state index in [0.29, 0.717) is 31.6 Å². The van der Waals surface area contributed by atoms with Crippen LogP contribution in [0, 0.1) is 5.41 Å². The number of alkyl carbamates (subject to hydrolysis) is 1. The Hall–Kier alpha value is -3.47. The minimum Gasteiger partial charge on any atom is -0.449 e. The third kappa shape index (κ3) is 10.1. The summed E-state index contributed by atoms with van der Waals surface area (Å²) in [5.41, 5.74) is 0.452. The van der Waals surface area contributed by atoms with E-state index in [-0.39, 0.29) is 36.9 Å². The monoisotopic (exact) mass is 490 g/mol. The number of nitrogens with one attached hydrogen (secondary N) is 3. The lowest BCUT2D eigenvalue weighted by Gasteiger charge is -2.39. The molecule has 192 valence electrons. The molecule has 11 heteroatoms. The van der Waals surface area contributed by atoms with Crippen LogP contribution in [0.3, 0.4) is 0 Å². The molecular formula is C24H34N4O7. The number of carbonyl (C=O) groups excluding carboxylic acids is 4. The van der Waals surface area contributed by atoms with Crippen LogP contribution in [0.15, 0.2) is 30.3 Å². The fourth-order valence-electron chi connectivity index (χ4n) is 3.51. The van der Waals surface area contributed by atoms with Crippen LogP contribution in [0.4, 0.5) is 4.79 Å². The number of rotatable bonds is 11. The van der Waals surface area contributed by atoms with Crippen molar-refractivity contribution in [2.45, 2.75) is 71.1 Å². The maximum Gasteiger partial charge on any atom is 0.412 e. The van der Waals surface area contributed by atoms with E-state index in [1.807, 2.05) is 6.92 Å². The fraction of sp³-hybridized carbons (Fsp3) is 0.542. The number of nitrogens with zero attached hydrogens (tertiary/aromatic N) is 1. The van der Waals surface area contributed by atoms with Crippen LogP contribution in [-0.4, -0.2) is 60.0 Å². The molecule has 35 heavy (non-hydrogen) atoms. The number of amides is 3. The summed E-state index contributed by atoms with van der Waals surface area (Å²) in [6.45, 7) is 3.79. The minimum atomic E-state index is -0.673. The standard InChI is InChI=1S/C24H34N4O7/c1-3-4-15-33-24(32)26-20(25)11-8-12-22(30)28-14-13-19(35-34-17(2)29)16-21(28)27-23(31)18-9-6-5-7-10-18/h5-7,9-10,19,21H,3-4,8,11-16H2,1-2H3,(H,27,31)(H2,25,26,32). The highest BCUT2D eigenvalue weighted by atomic mass is 17.2. The van der Waals surface area contributed by atoms with Crippen LogP contribution >= 0.6 is 0 Å². The zero-order chi connectivity index (χ0) is 25.6. The summed E-state index contributed by atoms with van der Waals surface area (Å²) in [5, 5.41) is 13.1. The average molecular weight is 491 g/mol. The SMILES string of the molecule is CCCCOC(=O)NC(=N)CCCC(=O)N1CCC(OOC(C)=O)CC1NC(=O)c1ccccc1. The van der Waals surface area contributed by atoms with E-state index in [1.165, 1.54) is 6.92 Å². The van der Waals surface area contributed by atoms with Crippen molar-refractivity contribution < 1.29 is 33.7 Å². The van der Waals surface area contributed by atoms with E-state index < -0.39 is 24.3 Å². The first-order valence-corrected chi connectivity index (χ1v) is 11.8. The van der Waals surface area contributed by atoms with Gasteiger partial charge in [-0.3, -0.25) is 25.2 Å². The van der Waals surface area contributed by atoms with Crippen LogP contribution in [0.5, 0.6) is 0 Å². The molecule has 2 unspecified atom stereocenters. The molecule has 2 rings (SSSR count). The van der Waals surface area contributed by atoms with Crippen molar-refractivity contribution in [2.24, 2.45) is 0 Å². The third-order valence-corrected chi connectivity index (χ3v) is 5.31. The number of hydrogen-bond donors (Lipinski definition) is 3. The van der Waals surface area contributed by atoms with E-state index >= 15 is 0 Å². The maximum atomic E-state index is 12.9. The van der Waals surface area contributed by atoms with Crippen molar-refractivity contribution in [3.63, 3.8) is 0 Å². The molecule has 3 amide bonds. The molecule has 1 aliphatic heterocycles. The Labute approximate surface area is 204 Å². The molecule has 2 atom stereocenters. The van der Waals surface area contributed by atoms with E-state index in [4.69, 9.17) is 15.0 Å². The van der Waals surface area contributed by atoms with Gasteiger partial charge in [0.05, 0.1) is 6.61 Å². The second kappa shape index (κ2) is 14.7. The number of carbonyl (C=O) groups is 4.